The Hall–Kier alpha value is -1.31. The third-order valence-corrected chi connectivity index (χ3v) is 2.59. The van der Waals surface area contributed by atoms with Gasteiger partial charge in [-0.1, -0.05) is 46.8 Å². The zero-order valence-electron chi connectivity index (χ0n) is 12.2. The minimum Gasteiger partial charge on any atom is -0.352 e. The molecule has 1 aromatic carbocycles. The van der Waals surface area contributed by atoms with E-state index in [0.29, 0.717) is 5.92 Å². The van der Waals surface area contributed by atoms with E-state index in [4.69, 9.17) is 0 Å². The van der Waals surface area contributed by atoms with E-state index in [0.717, 1.165) is 18.5 Å². The summed E-state index contributed by atoms with van der Waals surface area (Å²) in [6.45, 7) is 11.5. The molecule has 0 aliphatic heterocycles. The summed E-state index contributed by atoms with van der Waals surface area (Å²) >= 11 is 0. The van der Waals surface area contributed by atoms with Gasteiger partial charge in [0, 0.05) is 12.1 Å². The molecule has 0 saturated carbocycles. The van der Waals surface area contributed by atoms with Crippen LogP contribution < -0.4 is 5.32 Å². The van der Waals surface area contributed by atoms with E-state index in [1.54, 1.807) is 0 Å². The molecule has 0 atom stereocenters. The third kappa shape index (κ3) is 5.35. The number of hydrogen-bond acceptors (Lipinski definition) is 1. The number of nitrogens with one attached hydrogen (secondary N) is 1. The average Bonchev–Trinajstić information content (AvgIpc) is 2.23. The molecule has 2 nitrogen and oxygen atoms in total. The van der Waals surface area contributed by atoms with E-state index in [-0.39, 0.29) is 11.3 Å². The minimum absolute atomic E-state index is 0.0273. The number of amides is 1. The van der Waals surface area contributed by atoms with Gasteiger partial charge in [0.25, 0.3) is 5.91 Å². The molecule has 100 valence electrons. The maximum atomic E-state index is 12.0. The summed E-state index contributed by atoms with van der Waals surface area (Å²) in [5, 5.41) is 2.95. The molecule has 0 aliphatic rings. The Bertz CT molecular complexity index is 402. The van der Waals surface area contributed by atoms with Gasteiger partial charge in [0.05, 0.1) is 0 Å². The number of benzene rings is 1. The zero-order valence-corrected chi connectivity index (χ0v) is 12.2. The van der Waals surface area contributed by atoms with E-state index in [1.165, 1.54) is 5.56 Å². The van der Waals surface area contributed by atoms with Crippen LogP contribution in [0.15, 0.2) is 24.3 Å². The van der Waals surface area contributed by atoms with Gasteiger partial charge in [0.2, 0.25) is 0 Å². The van der Waals surface area contributed by atoms with Gasteiger partial charge in [-0.3, -0.25) is 4.79 Å². The largest absolute Gasteiger partial charge is 0.352 e. The van der Waals surface area contributed by atoms with Crippen molar-refractivity contribution in [3.63, 3.8) is 0 Å². The van der Waals surface area contributed by atoms with Crippen LogP contribution in [0.4, 0.5) is 0 Å². The molecule has 0 unspecified atom stereocenters. The van der Waals surface area contributed by atoms with Crippen LogP contribution in [0.5, 0.6) is 0 Å². The standard InChI is InChI=1S/C16H25NO/c1-12(2)11-17-15(18)14-8-6-7-13(9-14)10-16(3,4)5/h6-9,12H,10-11H2,1-5H3,(H,17,18). The van der Waals surface area contributed by atoms with Crippen molar-refractivity contribution in [2.75, 3.05) is 6.54 Å². The van der Waals surface area contributed by atoms with Gasteiger partial charge in [-0.15, -0.1) is 0 Å². The predicted molar refractivity (Wildman–Crippen MR) is 76.8 cm³/mol. The monoisotopic (exact) mass is 247 g/mol. The summed E-state index contributed by atoms with van der Waals surface area (Å²) in [7, 11) is 0. The molecule has 0 radical (unpaired) electrons. The Labute approximate surface area is 111 Å². The van der Waals surface area contributed by atoms with Crippen LogP contribution in [-0.2, 0) is 6.42 Å². The Morgan fingerprint density at radius 1 is 1.28 bits per heavy atom. The summed E-state index contributed by atoms with van der Waals surface area (Å²) in [6.07, 6.45) is 0.984. The number of rotatable bonds is 4. The van der Waals surface area contributed by atoms with Gasteiger partial charge in [-0.2, -0.15) is 0 Å². The second-order valence-corrected chi connectivity index (χ2v) is 6.54. The predicted octanol–water partition coefficient (Wildman–Crippen LogP) is 3.66. The molecule has 0 aromatic heterocycles. The molecule has 1 rings (SSSR count). The Kier molecular flexibility index (Phi) is 4.94. The third-order valence-electron chi connectivity index (χ3n) is 2.59. The van der Waals surface area contributed by atoms with Crippen molar-refractivity contribution in [2.45, 2.75) is 41.0 Å². The number of carbonyl (C=O) groups is 1. The van der Waals surface area contributed by atoms with Crippen molar-refractivity contribution >= 4 is 5.91 Å². The lowest BCUT2D eigenvalue weighted by atomic mass is 9.87. The summed E-state index contributed by atoms with van der Waals surface area (Å²) in [5.41, 5.74) is 2.23. The zero-order chi connectivity index (χ0) is 13.8. The second-order valence-electron chi connectivity index (χ2n) is 6.54. The van der Waals surface area contributed by atoms with Crippen LogP contribution in [0.1, 0.15) is 50.5 Å². The molecule has 1 aromatic rings. The van der Waals surface area contributed by atoms with Gasteiger partial charge >= 0.3 is 0 Å². The Morgan fingerprint density at radius 3 is 2.50 bits per heavy atom. The molecule has 18 heavy (non-hydrogen) atoms. The fourth-order valence-electron chi connectivity index (χ4n) is 1.83. The number of hydrogen-bond donors (Lipinski definition) is 1. The van der Waals surface area contributed by atoms with Crippen LogP contribution in [0.2, 0.25) is 0 Å². The van der Waals surface area contributed by atoms with Crippen LogP contribution in [0.3, 0.4) is 0 Å². The van der Waals surface area contributed by atoms with E-state index >= 15 is 0 Å². The van der Waals surface area contributed by atoms with Gasteiger partial charge in [-0.25, -0.2) is 0 Å². The van der Waals surface area contributed by atoms with Crippen molar-refractivity contribution in [2.24, 2.45) is 11.3 Å². The SMILES string of the molecule is CC(C)CNC(=O)c1cccc(CC(C)(C)C)c1. The van der Waals surface area contributed by atoms with Crippen LogP contribution >= 0.6 is 0 Å². The van der Waals surface area contributed by atoms with Crippen LogP contribution in [-0.4, -0.2) is 12.5 Å². The molecule has 2 heteroatoms. The van der Waals surface area contributed by atoms with Crippen molar-refractivity contribution in [3.05, 3.63) is 35.4 Å². The highest BCUT2D eigenvalue weighted by Gasteiger charge is 2.13. The van der Waals surface area contributed by atoms with E-state index in [1.807, 2.05) is 18.2 Å². The first-order valence-electron chi connectivity index (χ1n) is 6.65. The lowest BCUT2D eigenvalue weighted by molar-refractivity contribution is 0.0949. The molecule has 0 spiro atoms. The molecule has 1 amide bonds. The summed E-state index contributed by atoms with van der Waals surface area (Å²) in [6, 6.07) is 7.93. The van der Waals surface area contributed by atoms with E-state index < -0.39 is 0 Å². The molecule has 0 fully saturated rings. The molecule has 1 N–H and O–H groups in total. The normalized spacial score (nSPS) is 11.7. The lowest BCUT2D eigenvalue weighted by Gasteiger charge is -2.18. The van der Waals surface area contributed by atoms with Gasteiger partial charge in [0.15, 0.2) is 0 Å². The van der Waals surface area contributed by atoms with Crippen molar-refractivity contribution in [3.8, 4) is 0 Å². The highest BCUT2D eigenvalue weighted by Crippen LogP contribution is 2.21. The van der Waals surface area contributed by atoms with Crippen molar-refractivity contribution < 1.29 is 4.79 Å². The quantitative estimate of drug-likeness (QED) is 0.864. The smallest absolute Gasteiger partial charge is 0.251 e. The molecule has 0 heterocycles. The van der Waals surface area contributed by atoms with E-state index in [2.05, 4.69) is 46.0 Å². The van der Waals surface area contributed by atoms with Crippen molar-refractivity contribution in [1.29, 1.82) is 0 Å². The molecule has 0 aliphatic carbocycles. The number of carbonyl (C=O) groups excluding carboxylic acids is 1. The van der Waals surface area contributed by atoms with E-state index in [9.17, 15) is 4.79 Å². The van der Waals surface area contributed by atoms with Gasteiger partial charge < -0.3 is 5.32 Å². The first-order chi connectivity index (χ1) is 8.28. The fourth-order valence-corrected chi connectivity index (χ4v) is 1.83. The van der Waals surface area contributed by atoms with Gasteiger partial charge in [0.1, 0.15) is 0 Å². The fraction of sp³-hybridized carbons (Fsp3) is 0.562. The summed E-state index contributed by atoms with van der Waals surface area (Å²) < 4.78 is 0. The Balaban J connectivity index is 2.72. The lowest BCUT2D eigenvalue weighted by Crippen LogP contribution is -2.27. The summed E-state index contributed by atoms with van der Waals surface area (Å²) in [5.74, 6) is 0.506. The Morgan fingerprint density at radius 2 is 1.94 bits per heavy atom. The molecule has 0 saturated heterocycles. The maximum absolute atomic E-state index is 12.0. The highest BCUT2D eigenvalue weighted by atomic mass is 16.1. The van der Waals surface area contributed by atoms with Crippen LogP contribution in [0, 0.1) is 11.3 Å². The average molecular weight is 247 g/mol. The van der Waals surface area contributed by atoms with Crippen LogP contribution in [0.25, 0.3) is 0 Å². The van der Waals surface area contributed by atoms with Gasteiger partial charge in [-0.05, 0) is 35.4 Å². The van der Waals surface area contributed by atoms with Crippen molar-refractivity contribution in [1.82, 2.24) is 5.32 Å². The minimum atomic E-state index is 0.0273. The first-order valence-corrected chi connectivity index (χ1v) is 6.65. The topological polar surface area (TPSA) is 29.1 Å². The first kappa shape index (κ1) is 14.7. The maximum Gasteiger partial charge on any atom is 0.251 e. The summed E-state index contributed by atoms with van der Waals surface area (Å²) in [4.78, 5) is 12.0. The highest BCUT2D eigenvalue weighted by molar-refractivity contribution is 5.94. The molecule has 0 bridgehead atoms. The second kappa shape index (κ2) is 6.03. The molecular formula is C16H25NO. The molecular weight excluding hydrogens is 222 g/mol.